The molecule has 8 heteroatoms. The van der Waals surface area contributed by atoms with Gasteiger partial charge in [0.05, 0.1) is 6.61 Å². The second-order valence-corrected chi connectivity index (χ2v) is 5.28. The number of amides is 1. The summed E-state index contributed by atoms with van der Waals surface area (Å²) in [7, 11) is 1.60. The van der Waals surface area contributed by atoms with E-state index in [9.17, 15) is 9.59 Å². The zero-order valence-electron chi connectivity index (χ0n) is 11.6. The number of rotatable bonds is 5. The third kappa shape index (κ3) is 2.85. The van der Waals surface area contributed by atoms with Crippen molar-refractivity contribution in [1.29, 1.82) is 0 Å². The SMILES string of the molecule is COCC(C)(C)CNC(=O)c1cnc2nc[nH]n2c1=O. The van der Waals surface area contributed by atoms with Crippen LogP contribution in [0.15, 0.2) is 17.3 Å². The first-order valence-electron chi connectivity index (χ1n) is 6.13. The van der Waals surface area contributed by atoms with Crippen molar-refractivity contribution in [2.75, 3.05) is 20.3 Å². The van der Waals surface area contributed by atoms with E-state index in [1.165, 1.54) is 12.5 Å². The second-order valence-electron chi connectivity index (χ2n) is 5.28. The minimum Gasteiger partial charge on any atom is -0.384 e. The molecular formula is C12H17N5O3. The number of hydrogen-bond acceptors (Lipinski definition) is 5. The van der Waals surface area contributed by atoms with Gasteiger partial charge >= 0.3 is 0 Å². The smallest absolute Gasteiger partial charge is 0.286 e. The molecule has 0 spiro atoms. The summed E-state index contributed by atoms with van der Waals surface area (Å²) < 4.78 is 6.19. The summed E-state index contributed by atoms with van der Waals surface area (Å²) in [6.45, 7) is 4.81. The van der Waals surface area contributed by atoms with E-state index in [0.717, 1.165) is 4.52 Å². The summed E-state index contributed by atoms with van der Waals surface area (Å²) in [5.41, 5.74) is -0.721. The Labute approximate surface area is 115 Å². The summed E-state index contributed by atoms with van der Waals surface area (Å²) >= 11 is 0. The Hall–Kier alpha value is -2.22. The van der Waals surface area contributed by atoms with Crippen molar-refractivity contribution < 1.29 is 9.53 Å². The molecule has 2 rings (SSSR count). The predicted octanol–water partition coefficient (Wildman–Crippen LogP) is -0.180. The van der Waals surface area contributed by atoms with E-state index in [1.807, 2.05) is 13.8 Å². The number of methoxy groups -OCH3 is 1. The molecule has 2 N–H and O–H groups in total. The standard InChI is InChI=1S/C12H17N5O3/c1-12(2,6-20-3)5-14-9(18)8-4-13-11-15-7-16-17(11)10(8)19/h4,7H,5-6H2,1-3H3,(H,14,18)(H,13,15,16). The van der Waals surface area contributed by atoms with Crippen LogP contribution in [0.3, 0.4) is 0 Å². The number of H-pyrrole nitrogens is 1. The highest BCUT2D eigenvalue weighted by Crippen LogP contribution is 2.13. The largest absolute Gasteiger partial charge is 0.384 e. The molecule has 0 aliphatic heterocycles. The highest BCUT2D eigenvalue weighted by molar-refractivity contribution is 5.93. The van der Waals surface area contributed by atoms with Gasteiger partial charge in [0.25, 0.3) is 17.2 Å². The van der Waals surface area contributed by atoms with Crippen molar-refractivity contribution in [3.63, 3.8) is 0 Å². The van der Waals surface area contributed by atoms with Crippen LogP contribution >= 0.6 is 0 Å². The normalized spacial score (nSPS) is 11.8. The van der Waals surface area contributed by atoms with Gasteiger partial charge in [-0.2, -0.15) is 4.52 Å². The lowest BCUT2D eigenvalue weighted by Gasteiger charge is -2.23. The molecule has 0 fully saturated rings. The number of carbonyl (C=O) groups excluding carboxylic acids is 1. The van der Waals surface area contributed by atoms with Crippen LogP contribution in [0.1, 0.15) is 24.2 Å². The molecule has 0 saturated heterocycles. The van der Waals surface area contributed by atoms with Crippen LogP contribution in [0.4, 0.5) is 0 Å². The number of hydrogen-bond donors (Lipinski definition) is 2. The second kappa shape index (κ2) is 5.41. The summed E-state index contributed by atoms with van der Waals surface area (Å²) in [6, 6.07) is 0. The van der Waals surface area contributed by atoms with Crippen LogP contribution in [0, 0.1) is 5.41 Å². The van der Waals surface area contributed by atoms with Crippen LogP contribution in [0.2, 0.25) is 0 Å². The van der Waals surface area contributed by atoms with Crippen LogP contribution in [-0.4, -0.2) is 45.8 Å². The first-order chi connectivity index (χ1) is 9.44. The van der Waals surface area contributed by atoms with Gasteiger partial charge in [-0.15, -0.1) is 0 Å². The average molecular weight is 279 g/mol. The zero-order chi connectivity index (χ0) is 14.8. The zero-order valence-corrected chi connectivity index (χ0v) is 11.6. The van der Waals surface area contributed by atoms with Crippen molar-refractivity contribution in [1.82, 2.24) is 24.9 Å². The molecule has 0 aliphatic rings. The molecule has 2 aromatic rings. The van der Waals surface area contributed by atoms with Gasteiger partial charge in [0.15, 0.2) is 0 Å². The maximum atomic E-state index is 12.0. The van der Waals surface area contributed by atoms with Crippen LogP contribution in [0.25, 0.3) is 5.78 Å². The topological polar surface area (TPSA) is 101 Å². The van der Waals surface area contributed by atoms with E-state index in [-0.39, 0.29) is 16.8 Å². The molecular weight excluding hydrogens is 262 g/mol. The summed E-state index contributed by atoms with van der Waals surface area (Å²) in [5.74, 6) is -0.234. The summed E-state index contributed by atoms with van der Waals surface area (Å²) in [5, 5.41) is 5.32. The maximum Gasteiger partial charge on any atom is 0.286 e. The van der Waals surface area contributed by atoms with Crippen molar-refractivity contribution in [3.05, 3.63) is 28.4 Å². The molecule has 0 bridgehead atoms. The quantitative estimate of drug-likeness (QED) is 0.790. The van der Waals surface area contributed by atoms with Gasteiger partial charge in [-0.25, -0.2) is 9.97 Å². The summed E-state index contributed by atoms with van der Waals surface area (Å²) in [4.78, 5) is 31.9. The molecule has 20 heavy (non-hydrogen) atoms. The van der Waals surface area contributed by atoms with Crippen LogP contribution < -0.4 is 10.9 Å². The molecule has 0 atom stereocenters. The van der Waals surface area contributed by atoms with E-state index in [4.69, 9.17) is 4.74 Å². The lowest BCUT2D eigenvalue weighted by atomic mass is 9.95. The molecule has 0 saturated carbocycles. The highest BCUT2D eigenvalue weighted by Gasteiger charge is 2.21. The number of carbonyl (C=O) groups is 1. The van der Waals surface area contributed by atoms with Gasteiger partial charge in [-0.3, -0.25) is 14.7 Å². The third-order valence-corrected chi connectivity index (χ3v) is 2.82. The molecule has 0 unspecified atom stereocenters. The lowest BCUT2D eigenvalue weighted by molar-refractivity contribution is 0.0845. The van der Waals surface area contributed by atoms with Gasteiger partial charge in [-0.1, -0.05) is 13.8 Å². The Bertz CT molecular complexity index is 673. The van der Waals surface area contributed by atoms with Gasteiger partial charge in [0.2, 0.25) is 0 Å². The fraction of sp³-hybridized carbons (Fsp3) is 0.500. The minimum absolute atomic E-state index is 0.0278. The van der Waals surface area contributed by atoms with E-state index in [1.54, 1.807) is 7.11 Å². The van der Waals surface area contributed by atoms with E-state index < -0.39 is 11.5 Å². The molecule has 1 amide bonds. The average Bonchev–Trinajstić information content (AvgIpc) is 2.86. The Morgan fingerprint density at radius 3 is 2.95 bits per heavy atom. The van der Waals surface area contributed by atoms with Crippen molar-refractivity contribution in [2.45, 2.75) is 13.8 Å². The highest BCUT2D eigenvalue weighted by atomic mass is 16.5. The fourth-order valence-corrected chi connectivity index (χ4v) is 1.81. The summed E-state index contributed by atoms with van der Waals surface area (Å²) in [6.07, 6.45) is 2.57. The van der Waals surface area contributed by atoms with E-state index in [2.05, 4.69) is 20.4 Å². The maximum absolute atomic E-state index is 12.0. The monoisotopic (exact) mass is 279 g/mol. The molecule has 0 aromatic carbocycles. The minimum atomic E-state index is -0.477. The van der Waals surface area contributed by atoms with E-state index >= 15 is 0 Å². The number of ether oxygens (including phenoxy) is 1. The molecule has 2 aromatic heterocycles. The molecule has 108 valence electrons. The number of nitrogens with zero attached hydrogens (tertiary/aromatic N) is 3. The van der Waals surface area contributed by atoms with Crippen molar-refractivity contribution in [2.24, 2.45) is 5.41 Å². The molecule has 0 radical (unpaired) electrons. The number of aromatic nitrogens is 4. The van der Waals surface area contributed by atoms with Crippen molar-refractivity contribution in [3.8, 4) is 0 Å². The number of fused-ring (bicyclic) bond motifs is 1. The number of aromatic amines is 1. The fourth-order valence-electron chi connectivity index (χ4n) is 1.81. The van der Waals surface area contributed by atoms with Gasteiger partial charge in [0.1, 0.15) is 11.9 Å². The van der Waals surface area contributed by atoms with E-state index in [0.29, 0.717) is 13.2 Å². The van der Waals surface area contributed by atoms with Crippen molar-refractivity contribution >= 4 is 11.7 Å². The first kappa shape index (κ1) is 14.2. The van der Waals surface area contributed by atoms with Crippen LogP contribution in [0.5, 0.6) is 0 Å². The molecule has 8 nitrogen and oxygen atoms in total. The van der Waals surface area contributed by atoms with Gasteiger partial charge in [0, 0.05) is 25.3 Å². The Kier molecular flexibility index (Phi) is 3.84. The Morgan fingerprint density at radius 2 is 2.25 bits per heavy atom. The lowest BCUT2D eigenvalue weighted by Crippen LogP contribution is -2.39. The van der Waals surface area contributed by atoms with Gasteiger partial charge < -0.3 is 10.1 Å². The predicted molar refractivity (Wildman–Crippen MR) is 71.6 cm³/mol. The Morgan fingerprint density at radius 1 is 1.50 bits per heavy atom. The third-order valence-electron chi connectivity index (χ3n) is 2.82. The molecule has 0 aliphatic carbocycles. The molecule has 2 heterocycles. The Balaban J connectivity index is 2.16. The van der Waals surface area contributed by atoms with Gasteiger partial charge in [-0.05, 0) is 0 Å². The number of nitrogens with one attached hydrogen (secondary N) is 2. The van der Waals surface area contributed by atoms with Crippen LogP contribution in [-0.2, 0) is 4.74 Å². The first-order valence-corrected chi connectivity index (χ1v) is 6.13.